The summed E-state index contributed by atoms with van der Waals surface area (Å²) in [6.45, 7) is 0.0756. The predicted molar refractivity (Wildman–Crippen MR) is 107 cm³/mol. The van der Waals surface area contributed by atoms with E-state index in [4.69, 9.17) is 9.15 Å². The van der Waals surface area contributed by atoms with Gasteiger partial charge >= 0.3 is 5.97 Å². The summed E-state index contributed by atoms with van der Waals surface area (Å²) in [5, 5.41) is 8.24. The van der Waals surface area contributed by atoms with Crippen LogP contribution in [0.3, 0.4) is 0 Å². The number of carbonyl (C=O) groups is 2. The SMILES string of the molecule is CNC(=O)Cc1nc(COC(=O)Cc2cc3c(ccc4ccccc43)o2)cs1. The lowest BCUT2D eigenvalue weighted by Gasteiger charge is -2.01. The average molecular weight is 394 g/mol. The molecule has 6 nitrogen and oxygen atoms in total. The lowest BCUT2D eigenvalue weighted by molar-refractivity contribution is -0.144. The highest BCUT2D eigenvalue weighted by molar-refractivity contribution is 7.09. The quantitative estimate of drug-likeness (QED) is 0.505. The number of rotatable bonds is 6. The molecule has 0 atom stereocenters. The molecule has 0 aliphatic heterocycles. The van der Waals surface area contributed by atoms with Gasteiger partial charge in [0.05, 0.1) is 12.1 Å². The molecular formula is C21H18N2O4S. The predicted octanol–water partition coefficient (Wildman–Crippen LogP) is 3.62. The second-order valence-electron chi connectivity index (χ2n) is 6.33. The zero-order valence-electron chi connectivity index (χ0n) is 15.2. The number of carbonyl (C=O) groups excluding carboxylic acids is 2. The van der Waals surface area contributed by atoms with E-state index in [1.807, 2.05) is 42.5 Å². The zero-order valence-corrected chi connectivity index (χ0v) is 16.0. The number of hydrogen-bond acceptors (Lipinski definition) is 6. The molecule has 0 aliphatic rings. The summed E-state index contributed by atoms with van der Waals surface area (Å²) in [5.41, 5.74) is 1.38. The molecule has 2 heterocycles. The van der Waals surface area contributed by atoms with Crippen molar-refractivity contribution in [3.63, 3.8) is 0 Å². The van der Waals surface area contributed by atoms with Crippen LogP contribution in [0.4, 0.5) is 0 Å². The van der Waals surface area contributed by atoms with Crippen molar-refractivity contribution in [3.8, 4) is 0 Å². The molecule has 4 rings (SSSR count). The van der Waals surface area contributed by atoms with Crippen LogP contribution < -0.4 is 5.32 Å². The first-order chi connectivity index (χ1) is 13.6. The van der Waals surface area contributed by atoms with Gasteiger partial charge < -0.3 is 14.5 Å². The van der Waals surface area contributed by atoms with Gasteiger partial charge in [-0.25, -0.2) is 4.98 Å². The highest BCUT2D eigenvalue weighted by atomic mass is 32.1. The molecular weight excluding hydrogens is 376 g/mol. The van der Waals surface area contributed by atoms with Crippen molar-refractivity contribution in [2.75, 3.05) is 7.05 Å². The molecule has 1 N–H and O–H groups in total. The third-order valence-electron chi connectivity index (χ3n) is 4.37. The van der Waals surface area contributed by atoms with Crippen molar-refractivity contribution in [2.45, 2.75) is 19.4 Å². The Morgan fingerprint density at radius 2 is 2.00 bits per heavy atom. The minimum absolute atomic E-state index is 0.0538. The summed E-state index contributed by atoms with van der Waals surface area (Å²) in [7, 11) is 1.58. The fourth-order valence-corrected chi connectivity index (χ4v) is 3.78. The summed E-state index contributed by atoms with van der Waals surface area (Å²) < 4.78 is 11.1. The van der Waals surface area contributed by atoms with Gasteiger partial charge in [0.1, 0.15) is 29.4 Å². The Balaban J connectivity index is 1.40. The van der Waals surface area contributed by atoms with Crippen molar-refractivity contribution in [3.05, 3.63) is 64.3 Å². The van der Waals surface area contributed by atoms with Crippen molar-refractivity contribution < 1.29 is 18.7 Å². The molecule has 0 aliphatic carbocycles. The molecule has 0 bridgehead atoms. The molecule has 1 amide bonds. The number of fused-ring (bicyclic) bond motifs is 3. The first kappa shape index (κ1) is 18.2. The van der Waals surface area contributed by atoms with E-state index in [1.54, 1.807) is 12.4 Å². The Bertz CT molecular complexity index is 1160. The maximum Gasteiger partial charge on any atom is 0.313 e. The number of nitrogens with zero attached hydrogens (tertiary/aromatic N) is 1. The Hall–Kier alpha value is -3.19. The fourth-order valence-electron chi connectivity index (χ4n) is 3.00. The molecule has 0 radical (unpaired) electrons. The van der Waals surface area contributed by atoms with Crippen LogP contribution in [0, 0.1) is 0 Å². The smallest absolute Gasteiger partial charge is 0.313 e. The van der Waals surface area contributed by atoms with Gasteiger partial charge in [-0.3, -0.25) is 9.59 Å². The Morgan fingerprint density at radius 3 is 2.86 bits per heavy atom. The van der Waals surface area contributed by atoms with Gasteiger partial charge in [-0.2, -0.15) is 0 Å². The summed E-state index contributed by atoms with van der Waals surface area (Å²) in [5.74, 6) is 0.0782. The highest BCUT2D eigenvalue weighted by Crippen LogP contribution is 2.28. The number of hydrogen-bond donors (Lipinski definition) is 1. The average Bonchev–Trinajstić information content (AvgIpc) is 3.32. The van der Waals surface area contributed by atoms with E-state index in [0.717, 1.165) is 21.7 Å². The molecule has 0 unspecified atom stereocenters. The van der Waals surface area contributed by atoms with Crippen LogP contribution in [0.2, 0.25) is 0 Å². The molecule has 7 heteroatoms. The number of benzene rings is 2. The van der Waals surface area contributed by atoms with Crippen LogP contribution in [0.5, 0.6) is 0 Å². The number of furan rings is 1. The number of aromatic nitrogens is 1. The standard InChI is InChI=1S/C21H18N2O4S/c1-22-19(24)10-20-23-14(12-28-20)11-26-21(25)9-15-8-17-16-5-3-2-4-13(16)6-7-18(17)27-15/h2-8,12H,9-11H2,1H3,(H,22,24). The number of ether oxygens (including phenoxy) is 1. The van der Waals surface area contributed by atoms with Gasteiger partial charge in [-0.15, -0.1) is 11.3 Å². The van der Waals surface area contributed by atoms with Crippen molar-refractivity contribution >= 4 is 45.0 Å². The maximum absolute atomic E-state index is 12.2. The summed E-state index contributed by atoms with van der Waals surface area (Å²) in [6.07, 6.45) is 0.278. The van der Waals surface area contributed by atoms with Crippen LogP contribution in [0.1, 0.15) is 16.5 Å². The molecule has 0 saturated heterocycles. The first-order valence-electron chi connectivity index (χ1n) is 8.82. The molecule has 0 saturated carbocycles. The van der Waals surface area contributed by atoms with Gasteiger partial charge in [0.25, 0.3) is 0 Å². The molecule has 28 heavy (non-hydrogen) atoms. The van der Waals surface area contributed by atoms with Crippen LogP contribution in [0.15, 0.2) is 52.3 Å². The van der Waals surface area contributed by atoms with Gasteiger partial charge in [-0.05, 0) is 22.9 Å². The molecule has 0 fully saturated rings. The molecule has 2 aromatic carbocycles. The normalized spacial score (nSPS) is 11.0. The van der Waals surface area contributed by atoms with Gasteiger partial charge in [0.2, 0.25) is 5.91 Å². The minimum Gasteiger partial charge on any atom is -0.460 e. The number of amides is 1. The van der Waals surface area contributed by atoms with E-state index in [9.17, 15) is 9.59 Å². The Kier molecular flexibility index (Phi) is 5.08. The van der Waals surface area contributed by atoms with E-state index in [-0.39, 0.29) is 31.3 Å². The largest absolute Gasteiger partial charge is 0.460 e. The van der Waals surface area contributed by atoms with Gasteiger partial charge in [0, 0.05) is 17.8 Å². The van der Waals surface area contributed by atoms with E-state index >= 15 is 0 Å². The maximum atomic E-state index is 12.2. The zero-order chi connectivity index (χ0) is 19.5. The number of nitrogens with one attached hydrogen (secondary N) is 1. The molecule has 0 spiro atoms. The third-order valence-corrected chi connectivity index (χ3v) is 5.26. The van der Waals surface area contributed by atoms with E-state index < -0.39 is 0 Å². The third kappa shape index (κ3) is 3.89. The van der Waals surface area contributed by atoms with E-state index in [2.05, 4.69) is 10.3 Å². The van der Waals surface area contributed by atoms with Crippen LogP contribution in [0.25, 0.3) is 21.7 Å². The van der Waals surface area contributed by atoms with Crippen LogP contribution in [-0.4, -0.2) is 23.9 Å². The van der Waals surface area contributed by atoms with Gasteiger partial charge in [-0.1, -0.05) is 30.3 Å². The van der Waals surface area contributed by atoms with Crippen LogP contribution in [-0.2, 0) is 33.8 Å². The summed E-state index contributed by atoms with van der Waals surface area (Å²) in [4.78, 5) is 27.9. The topological polar surface area (TPSA) is 81.4 Å². The molecule has 4 aromatic rings. The molecule has 142 valence electrons. The summed E-state index contributed by atoms with van der Waals surface area (Å²) in [6, 6.07) is 13.9. The lowest BCUT2D eigenvalue weighted by Crippen LogP contribution is -2.19. The van der Waals surface area contributed by atoms with Gasteiger partial charge in [0.15, 0.2) is 0 Å². The second kappa shape index (κ2) is 7.82. The minimum atomic E-state index is -0.385. The Morgan fingerprint density at radius 1 is 1.14 bits per heavy atom. The fraction of sp³-hybridized carbons (Fsp3) is 0.190. The van der Waals surface area contributed by atoms with Crippen molar-refractivity contribution in [2.24, 2.45) is 0 Å². The van der Waals surface area contributed by atoms with Crippen molar-refractivity contribution in [1.82, 2.24) is 10.3 Å². The van der Waals surface area contributed by atoms with Crippen molar-refractivity contribution in [1.29, 1.82) is 0 Å². The Labute approximate surface area is 165 Å². The number of esters is 1. The number of thiazole rings is 1. The first-order valence-corrected chi connectivity index (χ1v) is 9.70. The second-order valence-corrected chi connectivity index (χ2v) is 7.27. The van der Waals surface area contributed by atoms with E-state index in [0.29, 0.717) is 16.5 Å². The lowest BCUT2D eigenvalue weighted by atomic mass is 10.1. The van der Waals surface area contributed by atoms with Crippen LogP contribution >= 0.6 is 11.3 Å². The summed E-state index contributed by atoms with van der Waals surface area (Å²) >= 11 is 1.37. The number of likely N-dealkylation sites (N-methyl/N-ethyl adjacent to an activating group) is 1. The highest BCUT2D eigenvalue weighted by Gasteiger charge is 2.13. The molecule has 2 aromatic heterocycles. The monoisotopic (exact) mass is 394 g/mol. The van der Waals surface area contributed by atoms with E-state index in [1.165, 1.54) is 11.3 Å².